The third-order valence-electron chi connectivity index (χ3n) is 3.26. The summed E-state index contributed by atoms with van der Waals surface area (Å²) in [4.78, 5) is 16.1. The predicted molar refractivity (Wildman–Crippen MR) is 63.0 cm³/mol. The Balaban J connectivity index is 2.29. The Morgan fingerprint density at radius 3 is 2.67 bits per heavy atom. The summed E-state index contributed by atoms with van der Waals surface area (Å²) in [5, 5.41) is 0. The Labute approximate surface area is 93.4 Å². The van der Waals surface area contributed by atoms with Gasteiger partial charge in [0.2, 0.25) is 0 Å². The Morgan fingerprint density at radius 1 is 1.53 bits per heavy atom. The molecular formula is C12H24N2O. The summed E-state index contributed by atoms with van der Waals surface area (Å²) in [6.07, 6.45) is 2.57. The van der Waals surface area contributed by atoms with E-state index in [9.17, 15) is 4.79 Å². The first-order chi connectivity index (χ1) is 7.00. The maximum absolute atomic E-state index is 11.6. The minimum Gasteiger partial charge on any atom is -0.302 e. The van der Waals surface area contributed by atoms with Crippen LogP contribution in [0.25, 0.3) is 0 Å². The molecule has 0 aromatic rings. The van der Waals surface area contributed by atoms with Crippen molar-refractivity contribution in [1.82, 2.24) is 9.80 Å². The van der Waals surface area contributed by atoms with Gasteiger partial charge in [0.05, 0.1) is 6.54 Å². The van der Waals surface area contributed by atoms with E-state index >= 15 is 0 Å². The molecule has 88 valence electrons. The molecule has 0 aromatic carbocycles. The molecule has 1 aliphatic heterocycles. The van der Waals surface area contributed by atoms with E-state index in [-0.39, 0.29) is 5.92 Å². The lowest BCUT2D eigenvalue weighted by Crippen LogP contribution is -2.39. The zero-order valence-corrected chi connectivity index (χ0v) is 10.5. The molecule has 0 N–H and O–H groups in total. The molecule has 1 aliphatic rings. The Kier molecular flexibility index (Phi) is 4.74. The zero-order chi connectivity index (χ0) is 11.4. The average molecular weight is 212 g/mol. The quantitative estimate of drug-likeness (QED) is 0.685. The standard InChI is InChI=1S/C12H24N2O/c1-10(2)12(15)9-13(3)8-11-6-5-7-14(11)4/h10-11H,5-9H2,1-4H3. The lowest BCUT2D eigenvalue weighted by molar-refractivity contribution is -0.122. The van der Waals surface area contributed by atoms with Crippen molar-refractivity contribution in [2.45, 2.75) is 32.7 Å². The van der Waals surface area contributed by atoms with Crippen LogP contribution in [0.5, 0.6) is 0 Å². The van der Waals surface area contributed by atoms with Crippen LogP contribution in [-0.2, 0) is 4.79 Å². The molecule has 0 amide bonds. The van der Waals surface area contributed by atoms with E-state index in [4.69, 9.17) is 0 Å². The predicted octanol–water partition coefficient (Wildman–Crippen LogP) is 1.24. The molecular weight excluding hydrogens is 188 g/mol. The number of carbonyl (C=O) groups is 1. The lowest BCUT2D eigenvalue weighted by Gasteiger charge is -2.25. The number of ketones is 1. The molecule has 0 aliphatic carbocycles. The van der Waals surface area contributed by atoms with Gasteiger partial charge in [-0.1, -0.05) is 13.8 Å². The van der Waals surface area contributed by atoms with E-state index in [1.54, 1.807) is 0 Å². The first-order valence-electron chi connectivity index (χ1n) is 5.92. The van der Waals surface area contributed by atoms with Crippen LogP contribution in [-0.4, -0.2) is 55.4 Å². The van der Waals surface area contributed by atoms with Gasteiger partial charge in [-0.2, -0.15) is 0 Å². The van der Waals surface area contributed by atoms with Gasteiger partial charge in [-0.15, -0.1) is 0 Å². The van der Waals surface area contributed by atoms with Crippen molar-refractivity contribution >= 4 is 5.78 Å². The fourth-order valence-electron chi connectivity index (χ4n) is 2.08. The minimum atomic E-state index is 0.161. The summed E-state index contributed by atoms with van der Waals surface area (Å²) in [5.41, 5.74) is 0. The fraction of sp³-hybridized carbons (Fsp3) is 0.917. The largest absolute Gasteiger partial charge is 0.302 e. The number of rotatable bonds is 5. The highest BCUT2D eigenvalue weighted by Gasteiger charge is 2.22. The summed E-state index contributed by atoms with van der Waals surface area (Å²) in [6, 6.07) is 0.648. The third-order valence-corrected chi connectivity index (χ3v) is 3.26. The molecule has 1 saturated heterocycles. The van der Waals surface area contributed by atoms with E-state index in [0.717, 1.165) is 6.54 Å². The smallest absolute Gasteiger partial charge is 0.149 e. The van der Waals surface area contributed by atoms with E-state index in [2.05, 4.69) is 16.8 Å². The second kappa shape index (κ2) is 5.61. The number of hydrogen-bond acceptors (Lipinski definition) is 3. The van der Waals surface area contributed by atoms with E-state index in [1.165, 1.54) is 19.4 Å². The molecule has 0 aromatic heterocycles. The molecule has 1 fully saturated rings. The van der Waals surface area contributed by atoms with Crippen LogP contribution < -0.4 is 0 Å². The van der Waals surface area contributed by atoms with Gasteiger partial charge in [-0.25, -0.2) is 0 Å². The molecule has 3 heteroatoms. The summed E-state index contributed by atoms with van der Waals surface area (Å²) < 4.78 is 0. The van der Waals surface area contributed by atoms with Crippen LogP contribution >= 0.6 is 0 Å². The molecule has 3 nitrogen and oxygen atoms in total. The highest BCUT2D eigenvalue weighted by atomic mass is 16.1. The summed E-state index contributed by atoms with van der Waals surface area (Å²) in [7, 11) is 4.22. The number of hydrogen-bond donors (Lipinski definition) is 0. The van der Waals surface area contributed by atoms with Crippen molar-refractivity contribution in [2.24, 2.45) is 5.92 Å². The van der Waals surface area contributed by atoms with Crippen molar-refractivity contribution in [3.05, 3.63) is 0 Å². The van der Waals surface area contributed by atoms with Crippen LogP contribution in [0.2, 0.25) is 0 Å². The number of likely N-dealkylation sites (N-methyl/N-ethyl adjacent to an activating group) is 2. The minimum absolute atomic E-state index is 0.161. The third kappa shape index (κ3) is 3.92. The molecule has 0 spiro atoms. The number of likely N-dealkylation sites (tertiary alicyclic amines) is 1. The van der Waals surface area contributed by atoms with Gasteiger partial charge in [0.1, 0.15) is 5.78 Å². The Bertz CT molecular complexity index is 216. The summed E-state index contributed by atoms with van der Waals surface area (Å²) in [6.45, 7) is 6.77. The van der Waals surface area contributed by atoms with Crippen molar-refractivity contribution in [3.63, 3.8) is 0 Å². The van der Waals surface area contributed by atoms with Crippen molar-refractivity contribution < 1.29 is 4.79 Å². The Morgan fingerprint density at radius 2 is 2.20 bits per heavy atom. The molecule has 1 unspecified atom stereocenters. The second-order valence-corrected chi connectivity index (χ2v) is 5.09. The molecule has 0 saturated carbocycles. The molecule has 0 radical (unpaired) electrons. The van der Waals surface area contributed by atoms with Gasteiger partial charge < -0.3 is 4.90 Å². The van der Waals surface area contributed by atoms with E-state index in [0.29, 0.717) is 18.4 Å². The van der Waals surface area contributed by atoms with E-state index < -0.39 is 0 Å². The fourth-order valence-corrected chi connectivity index (χ4v) is 2.08. The molecule has 1 heterocycles. The first-order valence-corrected chi connectivity index (χ1v) is 5.92. The summed E-state index contributed by atoms with van der Waals surface area (Å²) in [5.74, 6) is 0.506. The van der Waals surface area contributed by atoms with Crippen molar-refractivity contribution in [1.29, 1.82) is 0 Å². The zero-order valence-electron chi connectivity index (χ0n) is 10.5. The van der Waals surface area contributed by atoms with Gasteiger partial charge in [-0.3, -0.25) is 9.69 Å². The van der Waals surface area contributed by atoms with Crippen LogP contribution in [0.1, 0.15) is 26.7 Å². The SMILES string of the molecule is CC(C)C(=O)CN(C)CC1CCCN1C. The van der Waals surface area contributed by atoms with Gasteiger partial charge in [-0.05, 0) is 33.5 Å². The second-order valence-electron chi connectivity index (χ2n) is 5.09. The highest BCUT2D eigenvalue weighted by Crippen LogP contribution is 2.15. The normalized spacial score (nSPS) is 22.9. The van der Waals surface area contributed by atoms with Gasteiger partial charge in [0, 0.05) is 18.5 Å². The first kappa shape index (κ1) is 12.7. The van der Waals surface area contributed by atoms with Crippen LogP contribution in [0.15, 0.2) is 0 Å². The molecule has 1 atom stereocenters. The molecule has 1 rings (SSSR count). The monoisotopic (exact) mass is 212 g/mol. The number of carbonyl (C=O) groups excluding carboxylic acids is 1. The average Bonchev–Trinajstić information content (AvgIpc) is 2.51. The maximum atomic E-state index is 11.6. The van der Waals surface area contributed by atoms with Crippen molar-refractivity contribution in [2.75, 3.05) is 33.7 Å². The number of Topliss-reactive ketones (excluding diaryl/α,β-unsaturated/α-hetero) is 1. The van der Waals surface area contributed by atoms with Crippen molar-refractivity contribution in [3.8, 4) is 0 Å². The number of nitrogens with zero attached hydrogens (tertiary/aromatic N) is 2. The topological polar surface area (TPSA) is 23.6 Å². The molecule has 15 heavy (non-hydrogen) atoms. The highest BCUT2D eigenvalue weighted by molar-refractivity contribution is 5.82. The molecule has 0 bridgehead atoms. The van der Waals surface area contributed by atoms with E-state index in [1.807, 2.05) is 20.9 Å². The Hall–Kier alpha value is -0.410. The maximum Gasteiger partial charge on any atom is 0.149 e. The van der Waals surface area contributed by atoms with Crippen LogP contribution in [0, 0.1) is 5.92 Å². The van der Waals surface area contributed by atoms with Crippen LogP contribution in [0.4, 0.5) is 0 Å². The lowest BCUT2D eigenvalue weighted by atomic mass is 10.1. The van der Waals surface area contributed by atoms with Gasteiger partial charge in [0.25, 0.3) is 0 Å². The van der Waals surface area contributed by atoms with Crippen LogP contribution in [0.3, 0.4) is 0 Å². The van der Waals surface area contributed by atoms with Gasteiger partial charge in [0.15, 0.2) is 0 Å². The van der Waals surface area contributed by atoms with Gasteiger partial charge >= 0.3 is 0 Å². The summed E-state index contributed by atoms with van der Waals surface area (Å²) >= 11 is 0.